The summed E-state index contributed by atoms with van der Waals surface area (Å²) in [6.45, 7) is 4.94. The first-order chi connectivity index (χ1) is 16.0. The van der Waals surface area contributed by atoms with Crippen LogP contribution in [0.15, 0.2) is 48.0 Å². The number of ether oxygens (including phenoxy) is 4. The summed E-state index contributed by atoms with van der Waals surface area (Å²) in [6, 6.07) is 11.2. The van der Waals surface area contributed by atoms with Gasteiger partial charge >= 0.3 is 0 Å². The molecule has 1 saturated heterocycles. The van der Waals surface area contributed by atoms with E-state index in [2.05, 4.69) is 0 Å². The Morgan fingerprint density at radius 1 is 0.970 bits per heavy atom. The molecule has 8 heteroatoms. The van der Waals surface area contributed by atoms with Crippen molar-refractivity contribution in [2.45, 2.75) is 19.9 Å². The summed E-state index contributed by atoms with van der Waals surface area (Å²) in [6.07, 6.45) is 0. The topological polar surface area (TPSA) is 94.5 Å². The van der Waals surface area contributed by atoms with Crippen LogP contribution in [-0.4, -0.2) is 62.3 Å². The lowest BCUT2D eigenvalue weighted by Gasteiger charge is -2.25. The van der Waals surface area contributed by atoms with Crippen molar-refractivity contribution in [3.05, 3.63) is 59.2 Å². The molecule has 2 aromatic rings. The Morgan fingerprint density at radius 3 is 2.24 bits per heavy atom. The molecule has 0 aromatic heterocycles. The minimum absolute atomic E-state index is 0.00798. The summed E-state index contributed by atoms with van der Waals surface area (Å²) < 4.78 is 21.6. The number of amides is 1. The van der Waals surface area contributed by atoms with E-state index in [1.807, 2.05) is 13.8 Å². The molecule has 0 bridgehead atoms. The van der Waals surface area contributed by atoms with Crippen molar-refractivity contribution in [2.24, 2.45) is 0 Å². The molecule has 0 radical (unpaired) electrons. The van der Waals surface area contributed by atoms with Crippen LogP contribution >= 0.6 is 0 Å². The van der Waals surface area contributed by atoms with Crippen LogP contribution in [0.25, 0.3) is 5.76 Å². The van der Waals surface area contributed by atoms with Crippen LogP contribution in [0.1, 0.15) is 31.0 Å². The molecule has 1 aliphatic rings. The number of hydrogen-bond acceptors (Lipinski definition) is 7. The first kappa shape index (κ1) is 24.1. The second-order valence-corrected chi connectivity index (χ2v) is 7.28. The molecule has 8 nitrogen and oxygen atoms in total. The molecule has 1 atom stereocenters. The average molecular weight is 456 g/mol. The summed E-state index contributed by atoms with van der Waals surface area (Å²) in [5, 5.41) is 11.3. The second kappa shape index (κ2) is 10.9. The fourth-order valence-corrected chi connectivity index (χ4v) is 3.81. The largest absolute Gasteiger partial charge is 0.507 e. The van der Waals surface area contributed by atoms with Gasteiger partial charge in [-0.05, 0) is 43.7 Å². The second-order valence-electron chi connectivity index (χ2n) is 7.28. The number of aliphatic hydroxyl groups is 1. The molecule has 0 saturated carbocycles. The third kappa shape index (κ3) is 4.96. The Bertz CT molecular complexity index is 1030. The lowest BCUT2D eigenvalue weighted by molar-refractivity contribution is -0.140. The van der Waals surface area contributed by atoms with Crippen molar-refractivity contribution < 1.29 is 33.6 Å². The van der Waals surface area contributed by atoms with E-state index in [1.54, 1.807) is 49.6 Å². The molecule has 1 unspecified atom stereocenters. The number of aliphatic hydroxyl groups excluding tert-OH is 1. The van der Waals surface area contributed by atoms with Crippen molar-refractivity contribution in [3.63, 3.8) is 0 Å². The third-order valence-corrected chi connectivity index (χ3v) is 5.33. The Labute approximate surface area is 193 Å². The highest BCUT2D eigenvalue weighted by atomic mass is 16.5. The number of carbonyl (C=O) groups is 2. The highest BCUT2D eigenvalue weighted by molar-refractivity contribution is 6.46. The number of carbonyl (C=O) groups excluding carboxylic acids is 2. The van der Waals surface area contributed by atoms with E-state index in [4.69, 9.17) is 18.9 Å². The van der Waals surface area contributed by atoms with E-state index < -0.39 is 17.7 Å². The van der Waals surface area contributed by atoms with Gasteiger partial charge in [-0.15, -0.1) is 0 Å². The van der Waals surface area contributed by atoms with Gasteiger partial charge in [0.15, 0.2) is 0 Å². The molecule has 1 fully saturated rings. The number of nitrogens with zero attached hydrogens (tertiary/aromatic N) is 1. The fraction of sp³-hybridized carbons (Fsp3) is 0.360. The highest BCUT2D eigenvalue weighted by Gasteiger charge is 2.46. The predicted octanol–water partition coefficient (Wildman–Crippen LogP) is 3.56. The van der Waals surface area contributed by atoms with Crippen LogP contribution in [0, 0.1) is 0 Å². The van der Waals surface area contributed by atoms with Gasteiger partial charge in [0.2, 0.25) is 0 Å². The standard InChI is InChI=1S/C25H29NO7/c1-5-32-18-11-12-19(20(15-18)33-6-2)23(27)21-22(16-7-9-17(31-4)10-8-16)26(13-14-30-3)25(29)24(21)28/h7-12,15,22,27H,5-6,13-14H2,1-4H3/b23-21-. The fourth-order valence-electron chi connectivity index (χ4n) is 3.81. The Hall–Kier alpha value is -3.52. The first-order valence-corrected chi connectivity index (χ1v) is 10.8. The predicted molar refractivity (Wildman–Crippen MR) is 123 cm³/mol. The number of hydrogen-bond donors (Lipinski definition) is 1. The molecule has 0 aliphatic carbocycles. The van der Waals surface area contributed by atoms with Gasteiger partial charge in [0, 0.05) is 19.7 Å². The molecular formula is C25H29NO7. The lowest BCUT2D eigenvalue weighted by Crippen LogP contribution is -2.32. The van der Waals surface area contributed by atoms with Crippen molar-refractivity contribution in [3.8, 4) is 17.2 Å². The molecule has 1 amide bonds. The summed E-state index contributed by atoms with van der Waals surface area (Å²) in [5.41, 5.74) is 0.964. The van der Waals surface area contributed by atoms with Crippen LogP contribution in [0.2, 0.25) is 0 Å². The molecule has 176 valence electrons. The van der Waals surface area contributed by atoms with Crippen molar-refractivity contribution in [1.29, 1.82) is 0 Å². The maximum Gasteiger partial charge on any atom is 0.295 e. The maximum absolute atomic E-state index is 13.1. The van der Waals surface area contributed by atoms with E-state index in [9.17, 15) is 14.7 Å². The molecule has 0 spiro atoms. The zero-order chi connectivity index (χ0) is 24.0. The van der Waals surface area contributed by atoms with E-state index >= 15 is 0 Å². The van der Waals surface area contributed by atoms with E-state index in [0.29, 0.717) is 41.6 Å². The Morgan fingerprint density at radius 2 is 1.64 bits per heavy atom. The van der Waals surface area contributed by atoms with Gasteiger partial charge in [-0.3, -0.25) is 9.59 Å². The Kier molecular flexibility index (Phi) is 7.95. The highest BCUT2D eigenvalue weighted by Crippen LogP contribution is 2.41. The average Bonchev–Trinajstić information content (AvgIpc) is 3.08. The van der Waals surface area contributed by atoms with Crippen LogP contribution in [0.4, 0.5) is 0 Å². The molecule has 1 aliphatic heterocycles. The van der Waals surface area contributed by atoms with Gasteiger partial charge in [-0.25, -0.2) is 0 Å². The molecule has 2 aromatic carbocycles. The molecular weight excluding hydrogens is 426 g/mol. The monoisotopic (exact) mass is 455 g/mol. The number of ketones is 1. The molecule has 1 N–H and O–H groups in total. The summed E-state index contributed by atoms with van der Waals surface area (Å²) in [7, 11) is 3.08. The zero-order valence-electron chi connectivity index (χ0n) is 19.3. The van der Waals surface area contributed by atoms with Gasteiger partial charge in [-0.1, -0.05) is 12.1 Å². The van der Waals surface area contributed by atoms with Crippen LogP contribution in [-0.2, 0) is 14.3 Å². The quantitative estimate of drug-likeness (QED) is 0.333. The number of methoxy groups -OCH3 is 2. The van der Waals surface area contributed by atoms with Gasteiger partial charge in [-0.2, -0.15) is 0 Å². The van der Waals surface area contributed by atoms with Crippen molar-refractivity contribution >= 4 is 17.4 Å². The van der Waals surface area contributed by atoms with Gasteiger partial charge < -0.3 is 29.0 Å². The summed E-state index contributed by atoms with van der Waals surface area (Å²) in [5.74, 6) is -0.195. The number of rotatable bonds is 10. The molecule has 3 rings (SSSR count). The summed E-state index contributed by atoms with van der Waals surface area (Å²) >= 11 is 0. The van der Waals surface area contributed by atoms with Gasteiger partial charge in [0.05, 0.1) is 44.1 Å². The van der Waals surface area contributed by atoms with Crippen LogP contribution in [0.5, 0.6) is 17.2 Å². The van der Waals surface area contributed by atoms with Gasteiger partial charge in [0.25, 0.3) is 11.7 Å². The van der Waals surface area contributed by atoms with E-state index in [0.717, 1.165) is 0 Å². The minimum Gasteiger partial charge on any atom is -0.507 e. The third-order valence-electron chi connectivity index (χ3n) is 5.33. The van der Waals surface area contributed by atoms with Crippen LogP contribution in [0.3, 0.4) is 0 Å². The first-order valence-electron chi connectivity index (χ1n) is 10.8. The SMILES string of the molecule is CCOc1ccc(/C(O)=C2/C(=O)C(=O)N(CCOC)C2c2ccc(OC)cc2)c(OCC)c1. The van der Waals surface area contributed by atoms with Crippen molar-refractivity contribution in [2.75, 3.05) is 40.6 Å². The maximum atomic E-state index is 13.1. The Balaban J connectivity index is 2.17. The van der Waals surface area contributed by atoms with Crippen LogP contribution < -0.4 is 14.2 Å². The smallest absolute Gasteiger partial charge is 0.295 e. The summed E-state index contributed by atoms with van der Waals surface area (Å²) in [4.78, 5) is 27.4. The number of benzene rings is 2. The number of Topliss-reactive ketones (excluding diaryl/α,β-unsaturated/α-hetero) is 1. The normalized spacial score (nSPS) is 17.3. The van der Waals surface area contributed by atoms with Gasteiger partial charge in [0.1, 0.15) is 23.0 Å². The van der Waals surface area contributed by atoms with E-state index in [1.165, 1.54) is 12.0 Å². The lowest BCUT2D eigenvalue weighted by atomic mass is 9.95. The number of likely N-dealkylation sites (tertiary alicyclic amines) is 1. The van der Waals surface area contributed by atoms with Crippen molar-refractivity contribution in [1.82, 2.24) is 4.90 Å². The molecule has 33 heavy (non-hydrogen) atoms. The minimum atomic E-state index is -0.785. The molecule has 1 heterocycles. The zero-order valence-corrected chi connectivity index (χ0v) is 19.3. The van der Waals surface area contributed by atoms with E-state index in [-0.39, 0.29) is 24.5 Å².